The van der Waals surface area contributed by atoms with E-state index < -0.39 is 0 Å². The zero-order chi connectivity index (χ0) is 12.9. The Labute approximate surface area is 104 Å². The third kappa shape index (κ3) is 2.79. The van der Waals surface area contributed by atoms with Crippen molar-refractivity contribution in [2.45, 2.75) is 38.1 Å². The number of methoxy groups -OCH3 is 1. The molecule has 0 aliphatic carbocycles. The van der Waals surface area contributed by atoms with E-state index in [9.17, 15) is 5.11 Å². The fraction of sp³-hybridized carbons (Fsp3) is 0.571. The highest BCUT2D eigenvalue weighted by atomic mass is 16.5. The molecule has 1 aromatic carbocycles. The van der Waals surface area contributed by atoms with Gasteiger partial charge in [-0.3, -0.25) is 0 Å². The van der Waals surface area contributed by atoms with Gasteiger partial charge >= 0.3 is 0 Å². The lowest BCUT2D eigenvalue weighted by Crippen LogP contribution is -2.43. The Morgan fingerprint density at radius 1 is 1.35 bits per heavy atom. The smallest absolute Gasteiger partial charge is 0.118 e. The molecule has 2 unspecified atom stereocenters. The van der Waals surface area contributed by atoms with Gasteiger partial charge in [-0.25, -0.2) is 0 Å². The molecule has 1 aromatic rings. The molecule has 3 nitrogen and oxygen atoms in total. The van der Waals surface area contributed by atoms with E-state index in [-0.39, 0.29) is 18.1 Å². The van der Waals surface area contributed by atoms with Gasteiger partial charge < -0.3 is 15.6 Å². The number of nitrogens with two attached hydrogens (primary N) is 1. The summed E-state index contributed by atoms with van der Waals surface area (Å²) in [5.41, 5.74) is 7.15. The molecule has 3 heteroatoms. The standard InChI is InChI=1S/C14H23NO2/c1-4-14(9-10-16,11(2)15)12-5-7-13(17-3)8-6-12/h5-8,11,16H,4,9-10,15H2,1-3H3. The summed E-state index contributed by atoms with van der Waals surface area (Å²) < 4.78 is 5.16. The molecular formula is C14H23NO2. The van der Waals surface area contributed by atoms with Crippen LogP contribution in [0.2, 0.25) is 0 Å². The second-order valence-corrected chi connectivity index (χ2v) is 4.50. The van der Waals surface area contributed by atoms with Crippen LogP contribution in [-0.2, 0) is 5.41 Å². The number of aliphatic hydroxyl groups is 1. The highest BCUT2D eigenvalue weighted by molar-refractivity contribution is 5.33. The van der Waals surface area contributed by atoms with Crippen LogP contribution in [0.4, 0.5) is 0 Å². The Balaban J connectivity index is 3.11. The van der Waals surface area contributed by atoms with Gasteiger partial charge in [-0.15, -0.1) is 0 Å². The minimum Gasteiger partial charge on any atom is -0.497 e. The van der Waals surface area contributed by atoms with Gasteiger partial charge in [-0.1, -0.05) is 19.1 Å². The molecule has 0 aromatic heterocycles. The van der Waals surface area contributed by atoms with E-state index in [1.807, 2.05) is 31.2 Å². The second-order valence-electron chi connectivity index (χ2n) is 4.50. The first-order valence-electron chi connectivity index (χ1n) is 6.11. The molecule has 17 heavy (non-hydrogen) atoms. The SMILES string of the molecule is CCC(CCO)(c1ccc(OC)cc1)C(C)N. The Morgan fingerprint density at radius 2 is 1.94 bits per heavy atom. The van der Waals surface area contributed by atoms with Crippen molar-refractivity contribution in [2.75, 3.05) is 13.7 Å². The normalized spacial score (nSPS) is 16.3. The summed E-state index contributed by atoms with van der Waals surface area (Å²) in [7, 11) is 1.65. The van der Waals surface area contributed by atoms with Crippen LogP contribution >= 0.6 is 0 Å². The average molecular weight is 237 g/mol. The molecule has 0 radical (unpaired) electrons. The van der Waals surface area contributed by atoms with E-state index in [2.05, 4.69) is 6.92 Å². The Hall–Kier alpha value is -1.06. The largest absolute Gasteiger partial charge is 0.497 e. The molecule has 0 aliphatic heterocycles. The van der Waals surface area contributed by atoms with Crippen molar-refractivity contribution in [2.24, 2.45) is 5.73 Å². The zero-order valence-corrected chi connectivity index (χ0v) is 10.9. The lowest BCUT2D eigenvalue weighted by Gasteiger charge is -2.37. The van der Waals surface area contributed by atoms with Gasteiger partial charge in [0.25, 0.3) is 0 Å². The lowest BCUT2D eigenvalue weighted by molar-refractivity contribution is 0.213. The first-order valence-corrected chi connectivity index (χ1v) is 6.11. The second kappa shape index (κ2) is 6.03. The number of hydrogen-bond acceptors (Lipinski definition) is 3. The zero-order valence-electron chi connectivity index (χ0n) is 10.9. The molecule has 0 fully saturated rings. The predicted octanol–water partition coefficient (Wildman–Crippen LogP) is 2.07. The molecule has 0 aliphatic rings. The summed E-state index contributed by atoms with van der Waals surface area (Å²) in [4.78, 5) is 0. The van der Waals surface area contributed by atoms with E-state index in [0.717, 1.165) is 12.2 Å². The van der Waals surface area contributed by atoms with Crippen LogP contribution in [0, 0.1) is 0 Å². The molecule has 0 heterocycles. The monoisotopic (exact) mass is 237 g/mol. The van der Waals surface area contributed by atoms with Gasteiger partial charge in [0.15, 0.2) is 0 Å². The number of benzene rings is 1. The molecular weight excluding hydrogens is 214 g/mol. The average Bonchev–Trinajstić information content (AvgIpc) is 2.36. The van der Waals surface area contributed by atoms with E-state index in [1.165, 1.54) is 5.56 Å². The molecule has 0 saturated heterocycles. The maximum Gasteiger partial charge on any atom is 0.118 e. The fourth-order valence-electron chi connectivity index (χ4n) is 2.46. The van der Waals surface area contributed by atoms with E-state index >= 15 is 0 Å². The minimum atomic E-state index is -0.152. The maximum atomic E-state index is 9.26. The first-order chi connectivity index (χ1) is 8.10. The molecule has 3 N–H and O–H groups in total. The quantitative estimate of drug-likeness (QED) is 0.796. The fourth-order valence-corrected chi connectivity index (χ4v) is 2.46. The van der Waals surface area contributed by atoms with Gasteiger partial charge in [0, 0.05) is 18.1 Å². The van der Waals surface area contributed by atoms with E-state index in [4.69, 9.17) is 10.5 Å². The van der Waals surface area contributed by atoms with Crippen LogP contribution < -0.4 is 10.5 Å². The molecule has 2 atom stereocenters. The molecule has 96 valence electrons. The van der Waals surface area contributed by atoms with Gasteiger partial charge in [-0.2, -0.15) is 0 Å². The highest BCUT2D eigenvalue weighted by Crippen LogP contribution is 2.35. The number of hydrogen-bond donors (Lipinski definition) is 2. The number of aliphatic hydroxyl groups excluding tert-OH is 1. The third-order valence-corrected chi connectivity index (χ3v) is 3.73. The predicted molar refractivity (Wildman–Crippen MR) is 70.3 cm³/mol. The van der Waals surface area contributed by atoms with Crippen molar-refractivity contribution in [3.63, 3.8) is 0 Å². The van der Waals surface area contributed by atoms with Crippen molar-refractivity contribution < 1.29 is 9.84 Å². The van der Waals surface area contributed by atoms with Crippen molar-refractivity contribution in [1.29, 1.82) is 0 Å². The van der Waals surface area contributed by atoms with E-state index in [0.29, 0.717) is 6.42 Å². The number of ether oxygens (including phenoxy) is 1. The third-order valence-electron chi connectivity index (χ3n) is 3.73. The van der Waals surface area contributed by atoms with Crippen LogP contribution in [0.25, 0.3) is 0 Å². The highest BCUT2D eigenvalue weighted by Gasteiger charge is 2.33. The molecule has 1 rings (SSSR count). The Kier molecular flexibility index (Phi) is 4.97. The van der Waals surface area contributed by atoms with Crippen LogP contribution in [0.3, 0.4) is 0 Å². The van der Waals surface area contributed by atoms with Crippen molar-refractivity contribution in [3.8, 4) is 5.75 Å². The van der Waals surface area contributed by atoms with Crippen LogP contribution in [0.1, 0.15) is 32.3 Å². The number of rotatable bonds is 6. The van der Waals surface area contributed by atoms with Crippen molar-refractivity contribution in [3.05, 3.63) is 29.8 Å². The molecule has 0 bridgehead atoms. The Bertz CT molecular complexity index is 335. The minimum absolute atomic E-state index is 0.00745. The van der Waals surface area contributed by atoms with Gasteiger partial charge in [0.05, 0.1) is 7.11 Å². The molecule has 0 saturated carbocycles. The maximum absolute atomic E-state index is 9.26. The summed E-state index contributed by atoms with van der Waals surface area (Å²) in [5.74, 6) is 0.840. The van der Waals surface area contributed by atoms with Gasteiger partial charge in [0.2, 0.25) is 0 Å². The topological polar surface area (TPSA) is 55.5 Å². The summed E-state index contributed by atoms with van der Waals surface area (Å²) in [6.45, 7) is 4.27. The Morgan fingerprint density at radius 3 is 2.29 bits per heavy atom. The first kappa shape index (κ1) is 14.0. The van der Waals surface area contributed by atoms with Crippen molar-refractivity contribution >= 4 is 0 Å². The summed E-state index contributed by atoms with van der Waals surface area (Å²) in [6, 6.07) is 7.98. The summed E-state index contributed by atoms with van der Waals surface area (Å²) in [6.07, 6.45) is 1.60. The van der Waals surface area contributed by atoms with Gasteiger partial charge in [-0.05, 0) is 37.5 Å². The lowest BCUT2D eigenvalue weighted by atomic mass is 9.71. The summed E-state index contributed by atoms with van der Waals surface area (Å²) in [5, 5.41) is 9.26. The van der Waals surface area contributed by atoms with E-state index in [1.54, 1.807) is 7.11 Å². The van der Waals surface area contributed by atoms with Crippen LogP contribution in [0.5, 0.6) is 5.75 Å². The van der Waals surface area contributed by atoms with Crippen LogP contribution in [0.15, 0.2) is 24.3 Å². The van der Waals surface area contributed by atoms with Gasteiger partial charge in [0.1, 0.15) is 5.75 Å². The molecule has 0 spiro atoms. The molecule has 0 amide bonds. The van der Waals surface area contributed by atoms with Crippen molar-refractivity contribution in [1.82, 2.24) is 0 Å². The summed E-state index contributed by atoms with van der Waals surface area (Å²) >= 11 is 0. The van der Waals surface area contributed by atoms with Crippen LogP contribution in [-0.4, -0.2) is 24.9 Å².